The van der Waals surface area contributed by atoms with Crippen LogP contribution >= 0.6 is 11.6 Å². The summed E-state index contributed by atoms with van der Waals surface area (Å²) in [5, 5.41) is 19.7. The number of carbonyl (C=O) groups excluding carboxylic acids is 1. The summed E-state index contributed by atoms with van der Waals surface area (Å²) in [7, 11) is 1.16. The number of hydrogen-bond acceptors (Lipinski definition) is 5. The number of nitro groups is 1. The van der Waals surface area contributed by atoms with Gasteiger partial charge in [0, 0.05) is 11.1 Å². The smallest absolute Gasteiger partial charge is 0.310 e. The van der Waals surface area contributed by atoms with E-state index in [0.717, 1.165) is 13.2 Å². The number of esters is 1. The molecule has 1 aromatic carbocycles. The number of hydrogen-bond donors (Lipinski definition) is 0. The lowest BCUT2D eigenvalue weighted by Crippen LogP contribution is -2.08. The molecule has 0 aliphatic heterocycles. The summed E-state index contributed by atoms with van der Waals surface area (Å²) in [6, 6.07) is 4.13. The maximum Gasteiger partial charge on any atom is 0.310 e. The average molecular weight is 255 g/mol. The Kier molecular flexibility index (Phi) is 4.01. The zero-order chi connectivity index (χ0) is 13.0. The lowest BCUT2D eigenvalue weighted by molar-refractivity contribution is -0.385. The van der Waals surface area contributed by atoms with E-state index < -0.39 is 10.9 Å². The van der Waals surface area contributed by atoms with Crippen LogP contribution in [0.3, 0.4) is 0 Å². The van der Waals surface area contributed by atoms with E-state index in [1.54, 1.807) is 6.07 Å². The second-order valence-corrected chi connectivity index (χ2v) is 3.51. The number of nitro benzene ring substituents is 1. The summed E-state index contributed by atoms with van der Waals surface area (Å²) >= 11 is 5.64. The zero-order valence-electron chi connectivity index (χ0n) is 8.77. The monoisotopic (exact) mass is 254 g/mol. The molecule has 0 bridgehead atoms. The van der Waals surface area contributed by atoms with Crippen molar-refractivity contribution in [2.45, 2.75) is 6.42 Å². The van der Waals surface area contributed by atoms with Crippen molar-refractivity contribution in [3.63, 3.8) is 0 Å². The summed E-state index contributed by atoms with van der Waals surface area (Å²) in [6.45, 7) is 0. The zero-order valence-corrected chi connectivity index (χ0v) is 9.52. The summed E-state index contributed by atoms with van der Waals surface area (Å²) < 4.78 is 4.41. The molecule has 0 atom stereocenters. The summed E-state index contributed by atoms with van der Waals surface area (Å²) in [6.07, 6.45) is -0.340. The minimum Gasteiger partial charge on any atom is -0.469 e. The molecule has 0 spiro atoms. The highest BCUT2D eigenvalue weighted by Crippen LogP contribution is 2.27. The van der Waals surface area contributed by atoms with Gasteiger partial charge in [0.25, 0.3) is 5.69 Å². The Morgan fingerprint density at radius 2 is 2.29 bits per heavy atom. The van der Waals surface area contributed by atoms with E-state index in [0.29, 0.717) is 0 Å². The van der Waals surface area contributed by atoms with E-state index in [4.69, 9.17) is 16.9 Å². The number of benzene rings is 1. The molecule has 0 radical (unpaired) electrons. The molecule has 0 aromatic heterocycles. The van der Waals surface area contributed by atoms with Crippen LogP contribution < -0.4 is 0 Å². The minimum absolute atomic E-state index is 0.00500. The third-order valence-electron chi connectivity index (χ3n) is 2.06. The average Bonchev–Trinajstić information content (AvgIpc) is 2.30. The second-order valence-electron chi connectivity index (χ2n) is 3.07. The molecule has 0 aliphatic rings. The molecule has 0 fully saturated rings. The molecule has 0 heterocycles. The van der Waals surface area contributed by atoms with Crippen LogP contribution in [0.4, 0.5) is 5.69 Å². The molecule has 0 saturated heterocycles. The van der Waals surface area contributed by atoms with Crippen molar-refractivity contribution < 1.29 is 14.5 Å². The summed E-state index contributed by atoms with van der Waals surface area (Å²) in [5.74, 6) is -0.660. The summed E-state index contributed by atoms with van der Waals surface area (Å²) in [4.78, 5) is 21.2. The topological polar surface area (TPSA) is 93.2 Å². The molecule has 1 rings (SSSR count). The fourth-order valence-corrected chi connectivity index (χ4v) is 1.50. The quantitative estimate of drug-likeness (QED) is 0.466. The van der Waals surface area contributed by atoms with Gasteiger partial charge in [-0.05, 0) is 6.07 Å². The van der Waals surface area contributed by atoms with Crippen LogP contribution in [-0.2, 0) is 16.0 Å². The van der Waals surface area contributed by atoms with Crippen molar-refractivity contribution in [1.29, 1.82) is 5.26 Å². The fraction of sp³-hybridized carbons (Fsp3) is 0.200. The molecular weight excluding hydrogens is 248 g/mol. The highest BCUT2D eigenvalue weighted by molar-refractivity contribution is 6.31. The Morgan fingerprint density at radius 3 is 2.76 bits per heavy atom. The highest BCUT2D eigenvalue weighted by Gasteiger charge is 2.22. The second kappa shape index (κ2) is 5.27. The minimum atomic E-state index is -0.689. The van der Waals surface area contributed by atoms with E-state index in [1.807, 2.05) is 0 Å². The van der Waals surface area contributed by atoms with Gasteiger partial charge in [0.15, 0.2) is 0 Å². The maximum atomic E-state index is 11.1. The van der Waals surface area contributed by atoms with Crippen molar-refractivity contribution in [1.82, 2.24) is 0 Å². The molecule has 1 aromatic rings. The van der Waals surface area contributed by atoms with Gasteiger partial charge in [-0.15, -0.1) is 0 Å². The molecule has 0 N–H and O–H groups in total. The largest absolute Gasteiger partial charge is 0.469 e. The van der Waals surface area contributed by atoms with Gasteiger partial charge in [0.2, 0.25) is 0 Å². The molecule has 88 valence electrons. The van der Waals surface area contributed by atoms with Crippen LogP contribution in [0.2, 0.25) is 5.02 Å². The Labute approximate surface area is 102 Å². The van der Waals surface area contributed by atoms with E-state index in [1.165, 1.54) is 6.07 Å². The number of nitrogens with zero attached hydrogens (tertiary/aromatic N) is 2. The van der Waals surface area contributed by atoms with Gasteiger partial charge in [-0.1, -0.05) is 11.6 Å². The predicted molar refractivity (Wildman–Crippen MR) is 58.5 cm³/mol. The van der Waals surface area contributed by atoms with Gasteiger partial charge >= 0.3 is 5.97 Å². The van der Waals surface area contributed by atoms with Crippen LogP contribution in [0.25, 0.3) is 0 Å². The van der Waals surface area contributed by atoms with E-state index in [9.17, 15) is 14.9 Å². The van der Waals surface area contributed by atoms with Gasteiger partial charge in [0.05, 0.1) is 35.7 Å². The van der Waals surface area contributed by atoms with E-state index in [-0.39, 0.29) is 28.3 Å². The van der Waals surface area contributed by atoms with E-state index >= 15 is 0 Å². The lowest BCUT2D eigenvalue weighted by atomic mass is 10.0. The molecule has 7 heteroatoms. The number of nitriles is 1. The summed E-state index contributed by atoms with van der Waals surface area (Å²) in [5.41, 5.74) is -0.359. The molecular formula is C10H7ClN2O4. The Hall–Kier alpha value is -2.13. The van der Waals surface area contributed by atoms with Crippen molar-refractivity contribution in [2.75, 3.05) is 7.11 Å². The lowest BCUT2D eigenvalue weighted by Gasteiger charge is -2.04. The Balaban J connectivity index is 3.38. The van der Waals surface area contributed by atoms with Crippen LogP contribution in [0.1, 0.15) is 11.1 Å². The molecule has 17 heavy (non-hydrogen) atoms. The molecule has 0 aliphatic carbocycles. The molecule has 0 saturated carbocycles. The number of methoxy groups -OCH3 is 1. The van der Waals surface area contributed by atoms with Crippen LogP contribution in [-0.4, -0.2) is 18.0 Å². The maximum absolute atomic E-state index is 11.1. The third kappa shape index (κ3) is 2.92. The SMILES string of the molecule is COC(=O)Cc1c(C#N)cc(Cl)cc1[N+](=O)[O-]. The van der Waals surface area contributed by atoms with Gasteiger partial charge < -0.3 is 4.74 Å². The Morgan fingerprint density at radius 1 is 1.65 bits per heavy atom. The van der Waals surface area contributed by atoms with Crippen LogP contribution in [0, 0.1) is 21.4 Å². The molecule has 0 amide bonds. The van der Waals surface area contributed by atoms with Gasteiger partial charge in [-0.25, -0.2) is 0 Å². The highest BCUT2D eigenvalue weighted by atomic mass is 35.5. The number of ether oxygens (including phenoxy) is 1. The van der Waals surface area contributed by atoms with Crippen LogP contribution in [0.5, 0.6) is 0 Å². The van der Waals surface area contributed by atoms with Crippen molar-refractivity contribution in [2.24, 2.45) is 0 Å². The first kappa shape index (κ1) is 12.9. The van der Waals surface area contributed by atoms with Crippen LogP contribution in [0.15, 0.2) is 12.1 Å². The fourth-order valence-electron chi connectivity index (χ4n) is 1.29. The first-order chi connectivity index (χ1) is 7.99. The number of rotatable bonds is 3. The third-order valence-corrected chi connectivity index (χ3v) is 2.28. The molecule has 0 unspecified atom stereocenters. The number of carbonyl (C=O) groups is 1. The van der Waals surface area contributed by atoms with Crippen molar-refractivity contribution in [3.05, 3.63) is 38.4 Å². The Bertz CT molecular complexity index is 522. The first-order valence-corrected chi connectivity index (χ1v) is 4.81. The molecule has 6 nitrogen and oxygen atoms in total. The predicted octanol–water partition coefficient (Wildman–Crippen LogP) is 1.84. The standard InChI is InChI=1S/C10H7ClN2O4/c1-17-10(14)4-8-6(5-12)2-7(11)3-9(8)13(15)16/h2-3H,4H2,1H3. The van der Waals surface area contributed by atoms with Crippen molar-refractivity contribution >= 4 is 23.3 Å². The number of halogens is 1. The van der Waals surface area contributed by atoms with E-state index in [2.05, 4.69) is 4.74 Å². The van der Waals surface area contributed by atoms with Gasteiger partial charge in [-0.2, -0.15) is 5.26 Å². The normalized spacial score (nSPS) is 9.47. The first-order valence-electron chi connectivity index (χ1n) is 4.43. The van der Waals surface area contributed by atoms with Gasteiger partial charge in [0.1, 0.15) is 0 Å². The van der Waals surface area contributed by atoms with Gasteiger partial charge in [-0.3, -0.25) is 14.9 Å². The van der Waals surface area contributed by atoms with Crippen molar-refractivity contribution in [3.8, 4) is 6.07 Å².